The van der Waals surface area contributed by atoms with Crippen LogP contribution in [-0.2, 0) is 11.3 Å². The van der Waals surface area contributed by atoms with Crippen molar-refractivity contribution in [3.8, 4) is 28.1 Å². The van der Waals surface area contributed by atoms with Gasteiger partial charge in [0.1, 0.15) is 5.75 Å². The Kier molecular flexibility index (Phi) is 6.40. The minimum absolute atomic E-state index is 0.241. The van der Waals surface area contributed by atoms with Crippen LogP contribution < -0.4 is 4.74 Å². The van der Waals surface area contributed by atoms with Gasteiger partial charge in [0.2, 0.25) is 0 Å². The zero-order valence-corrected chi connectivity index (χ0v) is 16.0. The Morgan fingerprint density at radius 2 is 1.82 bits per heavy atom. The zero-order chi connectivity index (χ0) is 19.9. The van der Waals surface area contributed by atoms with Gasteiger partial charge in [-0.1, -0.05) is 25.1 Å². The molecular weight excluding hydrogens is 354 g/mol. The van der Waals surface area contributed by atoms with E-state index in [9.17, 15) is 9.90 Å². The fourth-order valence-corrected chi connectivity index (χ4v) is 3.01. The summed E-state index contributed by atoms with van der Waals surface area (Å²) in [6.45, 7) is 3.16. The molecule has 5 heteroatoms. The summed E-state index contributed by atoms with van der Waals surface area (Å²) in [5, 5.41) is 9.64. The number of aromatic carboxylic acids is 1. The van der Waals surface area contributed by atoms with Crippen molar-refractivity contribution in [3.63, 3.8) is 0 Å². The first kappa shape index (κ1) is 19.6. The van der Waals surface area contributed by atoms with Gasteiger partial charge in [-0.15, -0.1) is 0 Å². The lowest BCUT2D eigenvalue weighted by atomic mass is 9.94. The summed E-state index contributed by atoms with van der Waals surface area (Å²) in [6.07, 6.45) is 2.72. The molecule has 0 atom stereocenters. The average molecular weight is 377 g/mol. The summed E-state index contributed by atoms with van der Waals surface area (Å²) in [5.41, 5.74) is 4.14. The number of ether oxygens (including phenoxy) is 2. The monoisotopic (exact) mass is 377 g/mol. The molecule has 3 rings (SSSR count). The largest absolute Gasteiger partial charge is 0.497 e. The van der Waals surface area contributed by atoms with Gasteiger partial charge in [-0.05, 0) is 53.9 Å². The van der Waals surface area contributed by atoms with Gasteiger partial charge in [0.05, 0.1) is 25.0 Å². The van der Waals surface area contributed by atoms with Crippen LogP contribution in [0.1, 0.15) is 29.3 Å². The molecule has 28 heavy (non-hydrogen) atoms. The second-order valence-electron chi connectivity index (χ2n) is 6.37. The molecule has 0 saturated heterocycles. The van der Waals surface area contributed by atoms with Crippen molar-refractivity contribution in [3.05, 3.63) is 71.9 Å². The molecule has 0 aliphatic carbocycles. The van der Waals surface area contributed by atoms with Gasteiger partial charge in [0.15, 0.2) is 0 Å². The van der Waals surface area contributed by atoms with E-state index >= 15 is 0 Å². The number of nitrogens with zero attached hydrogens (tertiary/aromatic N) is 1. The number of aromatic nitrogens is 1. The van der Waals surface area contributed by atoms with Crippen LogP contribution in [0.25, 0.3) is 22.4 Å². The van der Waals surface area contributed by atoms with Crippen molar-refractivity contribution in [1.82, 2.24) is 4.98 Å². The first-order valence-corrected chi connectivity index (χ1v) is 9.17. The maximum atomic E-state index is 11.8. The van der Waals surface area contributed by atoms with Gasteiger partial charge in [0, 0.05) is 23.9 Å². The smallest absolute Gasteiger partial charge is 0.336 e. The third-order valence-corrected chi connectivity index (χ3v) is 4.37. The SMILES string of the molecule is CCCOCc1cnc(-c2ccc(OC)cc2)c(-c2ccccc2C(=O)O)c1. The number of carbonyl (C=O) groups is 1. The topological polar surface area (TPSA) is 68.7 Å². The van der Waals surface area contributed by atoms with Crippen molar-refractivity contribution in [2.45, 2.75) is 20.0 Å². The second-order valence-corrected chi connectivity index (χ2v) is 6.37. The molecule has 144 valence electrons. The van der Waals surface area contributed by atoms with Gasteiger partial charge < -0.3 is 14.6 Å². The summed E-state index contributed by atoms with van der Waals surface area (Å²) in [5.74, 6) is -0.218. The standard InChI is InChI=1S/C23H23NO4/c1-3-12-28-15-16-13-21(19-6-4-5-7-20(19)23(25)26)22(24-14-16)17-8-10-18(27-2)11-9-17/h4-11,13-14H,3,12,15H2,1-2H3,(H,25,26). The number of rotatable bonds is 8. The van der Waals surface area contributed by atoms with E-state index in [0.717, 1.165) is 34.6 Å². The molecule has 0 aliphatic heterocycles. The molecular formula is C23H23NO4. The number of hydrogen-bond donors (Lipinski definition) is 1. The number of benzene rings is 2. The molecule has 1 aromatic heterocycles. The first-order valence-electron chi connectivity index (χ1n) is 9.17. The Labute approximate surface area is 164 Å². The Bertz CT molecular complexity index is 951. The Hall–Kier alpha value is -3.18. The quantitative estimate of drug-likeness (QED) is 0.557. The molecule has 0 amide bonds. The Morgan fingerprint density at radius 3 is 2.50 bits per heavy atom. The molecule has 0 spiro atoms. The van der Waals surface area contributed by atoms with E-state index in [1.165, 1.54) is 0 Å². The lowest BCUT2D eigenvalue weighted by Crippen LogP contribution is -2.02. The highest BCUT2D eigenvalue weighted by Crippen LogP contribution is 2.34. The number of methoxy groups -OCH3 is 1. The lowest BCUT2D eigenvalue weighted by Gasteiger charge is -2.14. The first-order chi connectivity index (χ1) is 13.6. The normalized spacial score (nSPS) is 10.6. The fraction of sp³-hybridized carbons (Fsp3) is 0.217. The van der Waals surface area contributed by atoms with Crippen LogP contribution in [0.3, 0.4) is 0 Å². The third kappa shape index (κ3) is 4.38. The number of hydrogen-bond acceptors (Lipinski definition) is 4. The van der Waals surface area contributed by atoms with Gasteiger partial charge in [0.25, 0.3) is 0 Å². The van der Waals surface area contributed by atoms with Crippen molar-refractivity contribution in [2.75, 3.05) is 13.7 Å². The highest BCUT2D eigenvalue weighted by atomic mass is 16.5. The predicted octanol–water partition coefficient (Wildman–Crippen LogP) is 5.05. The van der Waals surface area contributed by atoms with Crippen LogP contribution in [0.4, 0.5) is 0 Å². The minimum Gasteiger partial charge on any atom is -0.497 e. The van der Waals surface area contributed by atoms with E-state index in [-0.39, 0.29) is 5.56 Å². The fourth-order valence-electron chi connectivity index (χ4n) is 3.01. The van der Waals surface area contributed by atoms with Gasteiger partial charge in [-0.2, -0.15) is 0 Å². The van der Waals surface area contributed by atoms with E-state index in [4.69, 9.17) is 9.47 Å². The van der Waals surface area contributed by atoms with Crippen molar-refractivity contribution < 1.29 is 19.4 Å². The van der Waals surface area contributed by atoms with Crippen LogP contribution in [0.15, 0.2) is 60.8 Å². The molecule has 1 heterocycles. The summed E-state index contributed by atoms with van der Waals surface area (Å²) < 4.78 is 10.9. The van der Waals surface area contributed by atoms with Crippen LogP contribution in [0, 0.1) is 0 Å². The van der Waals surface area contributed by atoms with E-state index in [1.54, 1.807) is 25.4 Å². The van der Waals surface area contributed by atoms with Crippen LogP contribution >= 0.6 is 0 Å². The van der Waals surface area contributed by atoms with Crippen LogP contribution in [0.2, 0.25) is 0 Å². The van der Waals surface area contributed by atoms with E-state index in [0.29, 0.717) is 18.8 Å². The average Bonchev–Trinajstić information content (AvgIpc) is 2.74. The van der Waals surface area contributed by atoms with Gasteiger partial charge in [-0.25, -0.2) is 4.79 Å². The number of carboxylic acid groups (broad SMARTS) is 1. The summed E-state index contributed by atoms with van der Waals surface area (Å²) >= 11 is 0. The summed E-state index contributed by atoms with van der Waals surface area (Å²) in [7, 11) is 1.62. The molecule has 0 unspecified atom stereocenters. The molecule has 0 aliphatic rings. The highest BCUT2D eigenvalue weighted by molar-refractivity contribution is 5.98. The Balaban J connectivity index is 2.12. The molecule has 3 aromatic rings. The predicted molar refractivity (Wildman–Crippen MR) is 109 cm³/mol. The van der Waals surface area contributed by atoms with Crippen LogP contribution in [-0.4, -0.2) is 29.8 Å². The molecule has 0 bridgehead atoms. The number of carboxylic acids is 1. The third-order valence-electron chi connectivity index (χ3n) is 4.37. The second kappa shape index (κ2) is 9.15. The van der Waals surface area contributed by atoms with Crippen LogP contribution in [0.5, 0.6) is 5.75 Å². The molecule has 0 radical (unpaired) electrons. The molecule has 0 saturated carbocycles. The molecule has 2 aromatic carbocycles. The van der Waals surface area contributed by atoms with Crippen molar-refractivity contribution in [2.24, 2.45) is 0 Å². The molecule has 1 N–H and O–H groups in total. The molecule has 0 fully saturated rings. The van der Waals surface area contributed by atoms with Crippen molar-refractivity contribution in [1.29, 1.82) is 0 Å². The highest BCUT2D eigenvalue weighted by Gasteiger charge is 2.17. The molecule has 5 nitrogen and oxygen atoms in total. The van der Waals surface area contributed by atoms with Gasteiger partial charge >= 0.3 is 5.97 Å². The summed E-state index contributed by atoms with van der Waals surface area (Å²) in [6, 6.07) is 16.5. The Morgan fingerprint density at radius 1 is 1.07 bits per heavy atom. The lowest BCUT2D eigenvalue weighted by molar-refractivity contribution is 0.0697. The maximum absolute atomic E-state index is 11.8. The van der Waals surface area contributed by atoms with E-state index in [1.807, 2.05) is 42.5 Å². The van der Waals surface area contributed by atoms with Gasteiger partial charge in [-0.3, -0.25) is 4.98 Å². The van der Waals surface area contributed by atoms with Crippen molar-refractivity contribution >= 4 is 5.97 Å². The zero-order valence-electron chi connectivity index (χ0n) is 16.0. The maximum Gasteiger partial charge on any atom is 0.336 e. The summed E-state index contributed by atoms with van der Waals surface area (Å²) in [4.78, 5) is 16.4. The number of pyridine rings is 1. The van der Waals surface area contributed by atoms with E-state index < -0.39 is 5.97 Å². The minimum atomic E-state index is -0.969. The van der Waals surface area contributed by atoms with E-state index in [2.05, 4.69) is 11.9 Å².